The molecule has 4 N–H and O–H groups in total. The van der Waals surface area contributed by atoms with Gasteiger partial charge in [0.25, 0.3) is 11.8 Å². The zero-order valence-electron chi connectivity index (χ0n) is 16.0. The van der Waals surface area contributed by atoms with Crippen LogP contribution in [0.1, 0.15) is 69.2 Å². The summed E-state index contributed by atoms with van der Waals surface area (Å²) in [5.41, 5.74) is 4.30. The number of aromatic nitrogens is 4. The Labute approximate surface area is 153 Å². The molecule has 26 heavy (non-hydrogen) atoms. The second kappa shape index (κ2) is 9.17. The lowest BCUT2D eigenvalue weighted by molar-refractivity contribution is 0.0942. The molecule has 0 aliphatic heterocycles. The predicted octanol–water partition coefficient (Wildman–Crippen LogP) is 2.09. The second-order valence-corrected chi connectivity index (χ2v) is 6.54. The van der Waals surface area contributed by atoms with Gasteiger partial charge in [0.1, 0.15) is 0 Å². The fraction of sp³-hybridized carbons (Fsp3) is 0.556. The normalized spacial score (nSPS) is 10.8. The molecule has 0 saturated carbocycles. The van der Waals surface area contributed by atoms with Crippen LogP contribution in [0.5, 0.6) is 0 Å². The van der Waals surface area contributed by atoms with Crippen molar-refractivity contribution < 1.29 is 9.59 Å². The predicted molar refractivity (Wildman–Crippen MR) is 99.3 cm³/mol. The number of aromatic amines is 2. The van der Waals surface area contributed by atoms with Crippen molar-refractivity contribution in [1.82, 2.24) is 31.0 Å². The number of aryl methyl sites for hydroxylation is 4. The summed E-state index contributed by atoms with van der Waals surface area (Å²) < 4.78 is 0. The van der Waals surface area contributed by atoms with Crippen molar-refractivity contribution in [2.24, 2.45) is 0 Å². The number of hydrogen-bond acceptors (Lipinski definition) is 4. The van der Waals surface area contributed by atoms with Gasteiger partial charge in [0.2, 0.25) is 0 Å². The summed E-state index contributed by atoms with van der Waals surface area (Å²) in [6.45, 7) is 8.61. The Balaban J connectivity index is 1.56. The van der Waals surface area contributed by atoms with Gasteiger partial charge in [0, 0.05) is 24.5 Å². The zero-order chi connectivity index (χ0) is 19.1. The Hall–Kier alpha value is -2.64. The van der Waals surface area contributed by atoms with Gasteiger partial charge in [-0.15, -0.1) is 0 Å². The lowest BCUT2D eigenvalue weighted by Gasteiger charge is -2.07. The standard InChI is InChI=1S/C18H28N6O2/c1-11-15(12(2)22-21-11)17(25)19-9-7-5-6-8-10-20-18(26)16-13(3)23-24-14(16)4/h5-10H2,1-4H3,(H,19,25)(H,20,26)(H,21,22)(H,23,24). The zero-order valence-corrected chi connectivity index (χ0v) is 16.0. The third kappa shape index (κ3) is 4.93. The smallest absolute Gasteiger partial charge is 0.255 e. The summed E-state index contributed by atoms with van der Waals surface area (Å²) in [4.78, 5) is 24.2. The number of unbranched alkanes of at least 4 members (excludes halogenated alkanes) is 3. The van der Waals surface area contributed by atoms with Crippen molar-refractivity contribution in [1.29, 1.82) is 0 Å². The monoisotopic (exact) mass is 360 g/mol. The molecule has 0 aliphatic carbocycles. The Morgan fingerprint density at radius 2 is 1.12 bits per heavy atom. The summed E-state index contributed by atoms with van der Waals surface area (Å²) in [5, 5.41) is 19.6. The van der Waals surface area contributed by atoms with Crippen molar-refractivity contribution in [2.75, 3.05) is 13.1 Å². The molecule has 0 bridgehead atoms. The molecule has 2 rings (SSSR count). The fourth-order valence-electron chi connectivity index (χ4n) is 2.96. The highest BCUT2D eigenvalue weighted by molar-refractivity contribution is 5.96. The molecule has 2 amide bonds. The molecule has 8 heteroatoms. The highest BCUT2D eigenvalue weighted by atomic mass is 16.2. The van der Waals surface area contributed by atoms with Gasteiger partial charge in [-0.25, -0.2) is 0 Å². The van der Waals surface area contributed by atoms with Gasteiger partial charge in [0.15, 0.2) is 0 Å². The highest BCUT2D eigenvalue weighted by Crippen LogP contribution is 2.10. The quantitative estimate of drug-likeness (QED) is 0.512. The van der Waals surface area contributed by atoms with E-state index < -0.39 is 0 Å². The average Bonchev–Trinajstić information content (AvgIpc) is 3.11. The van der Waals surface area contributed by atoms with Gasteiger partial charge < -0.3 is 10.6 Å². The van der Waals surface area contributed by atoms with E-state index in [-0.39, 0.29) is 11.8 Å². The third-order valence-corrected chi connectivity index (χ3v) is 4.39. The molecule has 0 radical (unpaired) electrons. The van der Waals surface area contributed by atoms with Crippen LogP contribution in [-0.2, 0) is 0 Å². The Morgan fingerprint density at radius 1 is 0.731 bits per heavy atom. The van der Waals surface area contributed by atoms with Crippen LogP contribution in [0.15, 0.2) is 0 Å². The summed E-state index contributed by atoms with van der Waals surface area (Å²) in [6.07, 6.45) is 3.83. The van der Waals surface area contributed by atoms with Crippen LogP contribution >= 0.6 is 0 Å². The maximum absolute atomic E-state index is 12.1. The molecule has 2 heterocycles. The molecule has 0 fully saturated rings. The van der Waals surface area contributed by atoms with E-state index in [4.69, 9.17) is 0 Å². The van der Waals surface area contributed by atoms with E-state index in [2.05, 4.69) is 31.0 Å². The number of H-pyrrole nitrogens is 2. The van der Waals surface area contributed by atoms with Gasteiger partial charge >= 0.3 is 0 Å². The van der Waals surface area contributed by atoms with Crippen molar-refractivity contribution in [3.8, 4) is 0 Å². The van der Waals surface area contributed by atoms with E-state index >= 15 is 0 Å². The van der Waals surface area contributed by atoms with Gasteiger partial charge in [-0.1, -0.05) is 12.8 Å². The van der Waals surface area contributed by atoms with Gasteiger partial charge in [-0.3, -0.25) is 19.8 Å². The molecular weight excluding hydrogens is 332 g/mol. The number of hydrogen-bond donors (Lipinski definition) is 4. The van der Waals surface area contributed by atoms with Crippen molar-refractivity contribution >= 4 is 11.8 Å². The van der Waals surface area contributed by atoms with Crippen LogP contribution in [-0.4, -0.2) is 45.3 Å². The third-order valence-electron chi connectivity index (χ3n) is 4.39. The van der Waals surface area contributed by atoms with E-state index in [1.807, 2.05) is 27.7 Å². The van der Waals surface area contributed by atoms with E-state index in [0.717, 1.165) is 48.5 Å². The first-order chi connectivity index (χ1) is 12.4. The van der Waals surface area contributed by atoms with Crippen LogP contribution in [0.2, 0.25) is 0 Å². The summed E-state index contributed by atoms with van der Waals surface area (Å²) in [6, 6.07) is 0. The SMILES string of the molecule is Cc1n[nH]c(C)c1C(=O)NCCCCCCNC(=O)c1c(C)n[nH]c1C. The average molecular weight is 360 g/mol. The lowest BCUT2D eigenvalue weighted by Crippen LogP contribution is -2.26. The first kappa shape index (κ1) is 19.7. The van der Waals surface area contributed by atoms with E-state index in [9.17, 15) is 9.59 Å². The Kier molecular flexibility index (Phi) is 6.94. The minimum absolute atomic E-state index is 0.0770. The van der Waals surface area contributed by atoms with Crippen molar-refractivity contribution in [3.05, 3.63) is 33.9 Å². The largest absolute Gasteiger partial charge is 0.352 e. The molecule has 0 spiro atoms. The fourth-order valence-corrected chi connectivity index (χ4v) is 2.96. The molecule has 2 aromatic rings. The molecule has 0 unspecified atom stereocenters. The number of amides is 2. The molecular formula is C18H28N6O2. The van der Waals surface area contributed by atoms with Crippen LogP contribution < -0.4 is 10.6 Å². The number of carbonyl (C=O) groups is 2. The number of rotatable bonds is 9. The molecule has 0 aliphatic rings. The van der Waals surface area contributed by atoms with Crippen LogP contribution in [0.3, 0.4) is 0 Å². The van der Waals surface area contributed by atoms with E-state index in [1.165, 1.54) is 0 Å². The number of carbonyl (C=O) groups excluding carboxylic acids is 2. The first-order valence-electron chi connectivity index (χ1n) is 9.01. The lowest BCUT2D eigenvalue weighted by atomic mass is 10.1. The van der Waals surface area contributed by atoms with E-state index in [1.54, 1.807) is 0 Å². The molecule has 0 saturated heterocycles. The van der Waals surface area contributed by atoms with Crippen LogP contribution in [0.25, 0.3) is 0 Å². The second-order valence-electron chi connectivity index (χ2n) is 6.54. The summed E-state index contributed by atoms with van der Waals surface area (Å²) in [7, 11) is 0. The highest BCUT2D eigenvalue weighted by Gasteiger charge is 2.15. The molecule has 0 atom stereocenters. The molecule has 142 valence electrons. The molecule has 2 aromatic heterocycles. The summed E-state index contributed by atoms with van der Waals surface area (Å²) in [5.74, 6) is -0.154. The van der Waals surface area contributed by atoms with Crippen LogP contribution in [0, 0.1) is 27.7 Å². The summed E-state index contributed by atoms with van der Waals surface area (Å²) >= 11 is 0. The van der Waals surface area contributed by atoms with Crippen LogP contribution in [0.4, 0.5) is 0 Å². The molecule has 8 nitrogen and oxygen atoms in total. The number of nitrogens with zero attached hydrogens (tertiary/aromatic N) is 2. The van der Waals surface area contributed by atoms with Crippen molar-refractivity contribution in [2.45, 2.75) is 53.4 Å². The van der Waals surface area contributed by atoms with Crippen molar-refractivity contribution in [3.63, 3.8) is 0 Å². The topological polar surface area (TPSA) is 116 Å². The van der Waals surface area contributed by atoms with Gasteiger partial charge in [-0.2, -0.15) is 10.2 Å². The Morgan fingerprint density at radius 3 is 1.42 bits per heavy atom. The molecule has 0 aromatic carbocycles. The number of nitrogens with one attached hydrogen (secondary N) is 4. The maximum Gasteiger partial charge on any atom is 0.255 e. The maximum atomic E-state index is 12.1. The van der Waals surface area contributed by atoms with Gasteiger partial charge in [0.05, 0.1) is 22.5 Å². The van der Waals surface area contributed by atoms with E-state index in [0.29, 0.717) is 24.2 Å². The Bertz CT molecular complexity index is 659. The first-order valence-corrected chi connectivity index (χ1v) is 9.01. The minimum atomic E-state index is -0.0770. The van der Waals surface area contributed by atoms with Gasteiger partial charge in [-0.05, 0) is 40.5 Å². The minimum Gasteiger partial charge on any atom is -0.352 e.